The summed E-state index contributed by atoms with van der Waals surface area (Å²) >= 11 is 0. The van der Waals surface area contributed by atoms with E-state index < -0.39 is 0 Å². The van der Waals surface area contributed by atoms with Gasteiger partial charge in [-0.25, -0.2) is 4.39 Å². The van der Waals surface area contributed by atoms with Crippen molar-refractivity contribution >= 4 is 0 Å². The summed E-state index contributed by atoms with van der Waals surface area (Å²) in [7, 11) is 1.75. The highest BCUT2D eigenvalue weighted by Gasteiger charge is 2.24. The van der Waals surface area contributed by atoms with E-state index in [2.05, 4.69) is 4.90 Å². The summed E-state index contributed by atoms with van der Waals surface area (Å²) in [5, 5.41) is 0. The number of nitrogens with two attached hydrogens (primary N) is 1. The molecule has 0 radical (unpaired) electrons. The quantitative estimate of drug-likeness (QED) is 0.832. The second-order valence-corrected chi connectivity index (χ2v) is 5.63. The first kappa shape index (κ1) is 15.4. The molecule has 0 amide bonds. The van der Waals surface area contributed by atoms with Gasteiger partial charge in [0.05, 0.1) is 6.61 Å². The average Bonchev–Trinajstić information content (AvgIpc) is 2.87. The molecule has 4 heteroatoms. The number of likely N-dealkylation sites (tertiary alicyclic amines) is 1. The average molecular weight is 280 g/mol. The second kappa shape index (κ2) is 7.72. The Balaban J connectivity index is 1.77. The predicted octanol–water partition coefficient (Wildman–Crippen LogP) is 2.20. The topological polar surface area (TPSA) is 38.5 Å². The van der Waals surface area contributed by atoms with E-state index in [0.717, 1.165) is 31.7 Å². The molecule has 0 aliphatic carbocycles. The first-order valence-corrected chi connectivity index (χ1v) is 7.42. The molecule has 0 bridgehead atoms. The number of methoxy groups -OCH3 is 1. The number of ether oxygens (including phenoxy) is 1. The fourth-order valence-electron chi connectivity index (χ4n) is 2.95. The molecule has 20 heavy (non-hydrogen) atoms. The minimum Gasteiger partial charge on any atom is -0.383 e. The number of nitrogens with zero attached hydrogens (tertiary/aromatic N) is 1. The molecule has 3 nitrogen and oxygen atoms in total. The largest absolute Gasteiger partial charge is 0.383 e. The molecule has 2 N–H and O–H groups in total. The van der Waals surface area contributed by atoms with Crippen LogP contribution in [-0.4, -0.2) is 43.8 Å². The third kappa shape index (κ3) is 4.27. The van der Waals surface area contributed by atoms with Crippen LogP contribution in [0.4, 0.5) is 4.39 Å². The van der Waals surface area contributed by atoms with Crippen LogP contribution in [0.15, 0.2) is 24.3 Å². The minimum absolute atomic E-state index is 0.00990. The van der Waals surface area contributed by atoms with Crippen molar-refractivity contribution in [2.75, 3.05) is 26.8 Å². The maximum atomic E-state index is 13.6. The normalized spacial score (nSPS) is 21.2. The standard InChI is InChI=1S/C16H25FN2O/c1-20-12-15-6-4-9-19(15)10-8-14(18)11-13-5-2-3-7-16(13)17/h2-3,5,7,14-15H,4,6,8-12,18H2,1H3/t14-,15-/m0/s1. The lowest BCUT2D eigenvalue weighted by Crippen LogP contribution is -2.37. The van der Waals surface area contributed by atoms with Gasteiger partial charge in [0.1, 0.15) is 5.82 Å². The summed E-state index contributed by atoms with van der Waals surface area (Å²) in [4.78, 5) is 2.45. The van der Waals surface area contributed by atoms with Gasteiger partial charge in [-0.2, -0.15) is 0 Å². The molecule has 1 aromatic rings. The highest BCUT2D eigenvalue weighted by atomic mass is 19.1. The predicted molar refractivity (Wildman–Crippen MR) is 79.2 cm³/mol. The highest BCUT2D eigenvalue weighted by Crippen LogP contribution is 2.18. The number of hydrogen-bond acceptors (Lipinski definition) is 3. The number of hydrogen-bond donors (Lipinski definition) is 1. The summed E-state index contributed by atoms with van der Waals surface area (Å²) < 4.78 is 18.8. The van der Waals surface area contributed by atoms with Gasteiger partial charge in [-0.1, -0.05) is 18.2 Å². The van der Waals surface area contributed by atoms with E-state index in [0.29, 0.717) is 12.5 Å². The number of halogens is 1. The SMILES string of the molecule is COC[C@@H]1CCCN1CC[C@H](N)Cc1ccccc1F. The van der Waals surface area contributed by atoms with E-state index in [9.17, 15) is 4.39 Å². The lowest BCUT2D eigenvalue weighted by Gasteiger charge is -2.25. The molecule has 1 aliphatic heterocycles. The molecular weight excluding hydrogens is 255 g/mol. The van der Waals surface area contributed by atoms with Crippen LogP contribution in [0, 0.1) is 5.82 Å². The van der Waals surface area contributed by atoms with Crippen molar-refractivity contribution in [3.8, 4) is 0 Å². The van der Waals surface area contributed by atoms with Crippen molar-refractivity contribution < 1.29 is 9.13 Å². The number of benzene rings is 1. The first-order chi connectivity index (χ1) is 9.70. The molecule has 2 atom stereocenters. The Kier molecular flexibility index (Phi) is 5.95. The summed E-state index contributed by atoms with van der Waals surface area (Å²) in [5.74, 6) is -0.151. The van der Waals surface area contributed by atoms with Gasteiger partial charge in [0.25, 0.3) is 0 Å². The van der Waals surface area contributed by atoms with Gasteiger partial charge < -0.3 is 10.5 Å². The van der Waals surface area contributed by atoms with Crippen molar-refractivity contribution in [2.24, 2.45) is 5.73 Å². The van der Waals surface area contributed by atoms with Gasteiger partial charge >= 0.3 is 0 Å². The van der Waals surface area contributed by atoms with Crippen molar-refractivity contribution in [2.45, 2.75) is 37.8 Å². The van der Waals surface area contributed by atoms with E-state index in [4.69, 9.17) is 10.5 Å². The third-order valence-electron chi connectivity index (χ3n) is 4.09. The fourth-order valence-corrected chi connectivity index (χ4v) is 2.95. The highest BCUT2D eigenvalue weighted by molar-refractivity contribution is 5.18. The van der Waals surface area contributed by atoms with Crippen LogP contribution in [-0.2, 0) is 11.2 Å². The van der Waals surface area contributed by atoms with Crippen LogP contribution < -0.4 is 5.73 Å². The maximum absolute atomic E-state index is 13.6. The van der Waals surface area contributed by atoms with Crippen LogP contribution >= 0.6 is 0 Å². The molecule has 112 valence electrons. The molecule has 1 fully saturated rings. The Morgan fingerprint density at radius 2 is 2.25 bits per heavy atom. The third-order valence-corrected chi connectivity index (χ3v) is 4.09. The van der Waals surface area contributed by atoms with E-state index >= 15 is 0 Å². The van der Waals surface area contributed by atoms with E-state index in [-0.39, 0.29) is 11.9 Å². The Labute approximate surface area is 120 Å². The number of rotatable bonds is 7. The van der Waals surface area contributed by atoms with Crippen LogP contribution in [0.5, 0.6) is 0 Å². The zero-order valence-corrected chi connectivity index (χ0v) is 12.2. The molecule has 1 saturated heterocycles. The molecule has 0 unspecified atom stereocenters. The maximum Gasteiger partial charge on any atom is 0.126 e. The molecule has 2 rings (SSSR count). The van der Waals surface area contributed by atoms with Crippen molar-refractivity contribution in [3.05, 3.63) is 35.6 Å². The smallest absolute Gasteiger partial charge is 0.126 e. The first-order valence-electron chi connectivity index (χ1n) is 7.42. The monoisotopic (exact) mass is 280 g/mol. The zero-order chi connectivity index (χ0) is 14.4. The summed E-state index contributed by atoms with van der Waals surface area (Å²) in [6, 6.07) is 7.43. The van der Waals surface area contributed by atoms with Crippen molar-refractivity contribution in [1.29, 1.82) is 0 Å². The van der Waals surface area contributed by atoms with Crippen LogP contribution in [0.2, 0.25) is 0 Å². The van der Waals surface area contributed by atoms with E-state index in [1.807, 2.05) is 12.1 Å². The molecular formula is C16H25FN2O. The Bertz CT molecular complexity index is 413. The van der Waals surface area contributed by atoms with Crippen molar-refractivity contribution in [3.63, 3.8) is 0 Å². The van der Waals surface area contributed by atoms with Gasteiger partial charge in [-0.3, -0.25) is 4.90 Å². The second-order valence-electron chi connectivity index (χ2n) is 5.63. The lowest BCUT2D eigenvalue weighted by molar-refractivity contribution is 0.113. The molecule has 1 heterocycles. The van der Waals surface area contributed by atoms with Gasteiger partial charge in [0, 0.05) is 25.7 Å². The Hall–Kier alpha value is -0.970. The molecule has 0 saturated carbocycles. The van der Waals surface area contributed by atoms with Crippen LogP contribution in [0.3, 0.4) is 0 Å². The van der Waals surface area contributed by atoms with E-state index in [1.54, 1.807) is 13.2 Å². The molecule has 0 spiro atoms. The summed E-state index contributed by atoms with van der Waals surface area (Å²) in [5.41, 5.74) is 6.87. The Morgan fingerprint density at radius 1 is 1.45 bits per heavy atom. The zero-order valence-electron chi connectivity index (χ0n) is 12.2. The van der Waals surface area contributed by atoms with Gasteiger partial charge in [0.2, 0.25) is 0 Å². The van der Waals surface area contributed by atoms with Crippen LogP contribution in [0.1, 0.15) is 24.8 Å². The van der Waals surface area contributed by atoms with Gasteiger partial charge in [-0.05, 0) is 43.9 Å². The Morgan fingerprint density at radius 3 is 3.00 bits per heavy atom. The minimum atomic E-state index is -0.151. The lowest BCUT2D eigenvalue weighted by atomic mass is 10.0. The fraction of sp³-hybridized carbons (Fsp3) is 0.625. The molecule has 1 aliphatic rings. The van der Waals surface area contributed by atoms with Gasteiger partial charge in [-0.15, -0.1) is 0 Å². The molecule has 1 aromatic carbocycles. The van der Waals surface area contributed by atoms with Crippen LogP contribution in [0.25, 0.3) is 0 Å². The summed E-state index contributed by atoms with van der Waals surface area (Å²) in [6.07, 6.45) is 3.94. The summed E-state index contributed by atoms with van der Waals surface area (Å²) in [6.45, 7) is 2.90. The van der Waals surface area contributed by atoms with Crippen molar-refractivity contribution in [1.82, 2.24) is 4.90 Å². The van der Waals surface area contributed by atoms with Gasteiger partial charge in [0.15, 0.2) is 0 Å². The van der Waals surface area contributed by atoms with E-state index in [1.165, 1.54) is 18.9 Å². The molecule has 0 aromatic heterocycles.